The largest absolute Gasteiger partial charge is 0.378 e. The summed E-state index contributed by atoms with van der Waals surface area (Å²) in [6.45, 7) is 2.31. The number of nitrogens with one attached hydrogen (secondary N) is 1. The van der Waals surface area contributed by atoms with Crippen LogP contribution in [0.25, 0.3) is 0 Å². The summed E-state index contributed by atoms with van der Waals surface area (Å²) in [4.78, 5) is 18.3. The third-order valence-corrected chi connectivity index (χ3v) is 3.58. The highest BCUT2D eigenvalue weighted by Gasteiger charge is 2.19. The predicted octanol–water partition coefficient (Wildman–Crippen LogP) is 2.17. The van der Waals surface area contributed by atoms with Crippen LogP contribution < -0.4 is 5.32 Å². The van der Waals surface area contributed by atoms with Crippen LogP contribution in [0, 0.1) is 11.3 Å². The predicted molar refractivity (Wildman–Crippen MR) is 85.4 cm³/mol. The van der Waals surface area contributed by atoms with E-state index in [1.54, 1.807) is 35.4 Å². The summed E-state index contributed by atoms with van der Waals surface area (Å²) in [5, 5.41) is 12.0. The Kier molecular flexibility index (Phi) is 4.50. The highest BCUT2D eigenvalue weighted by Crippen LogP contribution is 2.18. The molecule has 0 saturated carbocycles. The number of hydrogen-bond donors (Lipinski definition) is 1. The first-order chi connectivity index (χ1) is 11.3. The van der Waals surface area contributed by atoms with E-state index in [1.807, 2.05) is 12.1 Å². The number of carbonyl (C=O) groups is 1. The molecule has 1 saturated heterocycles. The molecule has 1 N–H and O–H groups in total. The number of pyridine rings is 1. The Labute approximate surface area is 134 Å². The minimum atomic E-state index is -0.0863. The van der Waals surface area contributed by atoms with E-state index in [1.165, 1.54) is 0 Å². The van der Waals surface area contributed by atoms with Gasteiger partial charge in [0.15, 0.2) is 0 Å². The molecule has 6 heteroatoms. The molecule has 0 atom stereocenters. The number of ether oxygens (including phenoxy) is 1. The van der Waals surface area contributed by atoms with E-state index in [4.69, 9.17) is 10.00 Å². The monoisotopic (exact) mass is 308 g/mol. The lowest BCUT2D eigenvalue weighted by Crippen LogP contribution is -2.41. The van der Waals surface area contributed by atoms with Crippen LogP contribution in [-0.4, -0.2) is 42.1 Å². The fraction of sp³-hybridized carbons (Fsp3) is 0.235. The smallest absolute Gasteiger partial charge is 0.272 e. The van der Waals surface area contributed by atoms with E-state index < -0.39 is 0 Å². The normalized spacial score (nSPS) is 14.1. The molecule has 116 valence electrons. The van der Waals surface area contributed by atoms with Crippen LogP contribution in [-0.2, 0) is 4.74 Å². The first-order valence-electron chi connectivity index (χ1n) is 7.36. The molecular formula is C17H16N4O2. The molecule has 1 amide bonds. The second-order valence-corrected chi connectivity index (χ2v) is 5.15. The van der Waals surface area contributed by atoms with Crippen LogP contribution in [0.1, 0.15) is 16.1 Å². The summed E-state index contributed by atoms with van der Waals surface area (Å²) in [6, 6.07) is 12.7. The van der Waals surface area contributed by atoms with Gasteiger partial charge >= 0.3 is 0 Å². The van der Waals surface area contributed by atoms with Gasteiger partial charge in [0.2, 0.25) is 0 Å². The Morgan fingerprint density at radius 2 is 1.91 bits per heavy atom. The Balaban J connectivity index is 1.73. The van der Waals surface area contributed by atoms with Crippen molar-refractivity contribution in [2.24, 2.45) is 0 Å². The van der Waals surface area contributed by atoms with E-state index in [2.05, 4.69) is 16.4 Å². The minimum Gasteiger partial charge on any atom is -0.378 e. The maximum Gasteiger partial charge on any atom is 0.272 e. The Bertz CT molecular complexity index is 731. The first-order valence-corrected chi connectivity index (χ1v) is 7.36. The number of aromatic nitrogens is 1. The van der Waals surface area contributed by atoms with Crippen LogP contribution in [0.15, 0.2) is 42.6 Å². The number of amides is 1. The topological polar surface area (TPSA) is 78.2 Å². The summed E-state index contributed by atoms with van der Waals surface area (Å²) in [5.41, 5.74) is 2.64. The van der Waals surface area contributed by atoms with Crippen molar-refractivity contribution in [1.82, 2.24) is 9.88 Å². The minimum absolute atomic E-state index is 0.0863. The third-order valence-electron chi connectivity index (χ3n) is 3.58. The maximum absolute atomic E-state index is 12.4. The standard InChI is InChI=1S/C17H16N4O2/c18-12-13-1-3-14(4-2-13)20-15-5-6-19-16(11-15)17(22)21-7-9-23-10-8-21/h1-6,11H,7-10H2,(H,19,20). The molecule has 1 fully saturated rings. The summed E-state index contributed by atoms with van der Waals surface area (Å²) in [6.07, 6.45) is 1.61. The molecule has 6 nitrogen and oxygen atoms in total. The summed E-state index contributed by atoms with van der Waals surface area (Å²) in [5.74, 6) is -0.0863. The van der Waals surface area contributed by atoms with Gasteiger partial charge in [0.1, 0.15) is 5.69 Å². The van der Waals surface area contributed by atoms with Crippen LogP contribution >= 0.6 is 0 Å². The molecule has 1 aliphatic heterocycles. The van der Waals surface area contributed by atoms with E-state index in [0.29, 0.717) is 37.6 Å². The Morgan fingerprint density at radius 1 is 1.17 bits per heavy atom. The zero-order valence-corrected chi connectivity index (χ0v) is 12.5. The number of nitrogens with zero attached hydrogens (tertiary/aromatic N) is 3. The van der Waals surface area contributed by atoms with Crippen LogP contribution in [0.3, 0.4) is 0 Å². The molecule has 1 aliphatic rings. The lowest BCUT2D eigenvalue weighted by atomic mass is 10.2. The molecule has 2 heterocycles. The number of benzene rings is 1. The second-order valence-electron chi connectivity index (χ2n) is 5.15. The summed E-state index contributed by atoms with van der Waals surface area (Å²) >= 11 is 0. The van der Waals surface area contributed by atoms with E-state index in [-0.39, 0.29) is 5.91 Å². The van der Waals surface area contributed by atoms with Crippen molar-refractivity contribution < 1.29 is 9.53 Å². The van der Waals surface area contributed by atoms with Crippen molar-refractivity contribution in [2.45, 2.75) is 0 Å². The zero-order chi connectivity index (χ0) is 16.1. The van der Waals surface area contributed by atoms with Gasteiger partial charge in [-0.1, -0.05) is 0 Å². The fourth-order valence-electron chi connectivity index (χ4n) is 2.35. The summed E-state index contributed by atoms with van der Waals surface area (Å²) in [7, 11) is 0. The van der Waals surface area contributed by atoms with E-state index >= 15 is 0 Å². The SMILES string of the molecule is N#Cc1ccc(Nc2ccnc(C(=O)N3CCOCC3)c2)cc1. The maximum atomic E-state index is 12.4. The van der Waals surface area contributed by atoms with Crippen molar-refractivity contribution in [3.63, 3.8) is 0 Å². The molecule has 0 aliphatic carbocycles. The van der Waals surface area contributed by atoms with Gasteiger partial charge in [0, 0.05) is 30.7 Å². The number of morpholine rings is 1. The first kappa shape index (κ1) is 15.0. The molecule has 3 rings (SSSR count). The van der Waals surface area contributed by atoms with Gasteiger partial charge in [-0.2, -0.15) is 5.26 Å². The number of carbonyl (C=O) groups excluding carboxylic acids is 1. The Morgan fingerprint density at radius 3 is 2.61 bits per heavy atom. The molecule has 0 spiro atoms. The molecular weight excluding hydrogens is 292 g/mol. The summed E-state index contributed by atoms with van der Waals surface area (Å²) < 4.78 is 5.26. The van der Waals surface area contributed by atoms with Gasteiger partial charge < -0.3 is 15.0 Å². The van der Waals surface area contributed by atoms with Crippen LogP contribution in [0.2, 0.25) is 0 Å². The van der Waals surface area contributed by atoms with Gasteiger partial charge in [-0.05, 0) is 36.4 Å². The molecule has 0 bridgehead atoms. The Hall–Kier alpha value is -2.91. The average Bonchev–Trinajstić information content (AvgIpc) is 2.63. The van der Waals surface area contributed by atoms with Gasteiger partial charge in [-0.3, -0.25) is 9.78 Å². The molecule has 1 aromatic carbocycles. The van der Waals surface area contributed by atoms with Crippen LogP contribution in [0.5, 0.6) is 0 Å². The van der Waals surface area contributed by atoms with Gasteiger partial charge in [0.05, 0.1) is 24.8 Å². The molecule has 23 heavy (non-hydrogen) atoms. The highest BCUT2D eigenvalue weighted by atomic mass is 16.5. The van der Waals surface area contributed by atoms with Crippen molar-refractivity contribution in [3.8, 4) is 6.07 Å². The van der Waals surface area contributed by atoms with Gasteiger partial charge in [0.25, 0.3) is 5.91 Å². The lowest BCUT2D eigenvalue weighted by Gasteiger charge is -2.26. The number of hydrogen-bond acceptors (Lipinski definition) is 5. The van der Waals surface area contributed by atoms with E-state index in [9.17, 15) is 4.79 Å². The third kappa shape index (κ3) is 3.65. The van der Waals surface area contributed by atoms with Gasteiger partial charge in [-0.15, -0.1) is 0 Å². The molecule has 2 aromatic rings. The number of anilines is 2. The molecule has 0 unspecified atom stereocenters. The average molecular weight is 308 g/mol. The van der Waals surface area contributed by atoms with Gasteiger partial charge in [-0.25, -0.2) is 0 Å². The van der Waals surface area contributed by atoms with Crippen molar-refractivity contribution in [3.05, 3.63) is 53.9 Å². The van der Waals surface area contributed by atoms with Crippen molar-refractivity contribution in [1.29, 1.82) is 5.26 Å². The van der Waals surface area contributed by atoms with Crippen molar-refractivity contribution in [2.75, 3.05) is 31.6 Å². The quantitative estimate of drug-likeness (QED) is 0.940. The van der Waals surface area contributed by atoms with Crippen molar-refractivity contribution >= 4 is 17.3 Å². The fourth-order valence-corrected chi connectivity index (χ4v) is 2.35. The number of rotatable bonds is 3. The lowest BCUT2D eigenvalue weighted by molar-refractivity contribution is 0.0299. The van der Waals surface area contributed by atoms with Crippen LogP contribution in [0.4, 0.5) is 11.4 Å². The molecule has 0 radical (unpaired) electrons. The molecule has 1 aromatic heterocycles. The highest BCUT2D eigenvalue weighted by molar-refractivity contribution is 5.93. The van der Waals surface area contributed by atoms with E-state index in [0.717, 1.165) is 11.4 Å². The second kappa shape index (κ2) is 6.90. The zero-order valence-electron chi connectivity index (χ0n) is 12.5. The number of nitriles is 1.